The van der Waals surface area contributed by atoms with Gasteiger partial charge < -0.3 is 16.2 Å². The second kappa shape index (κ2) is 5.29. The summed E-state index contributed by atoms with van der Waals surface area (Å²) < 4.78 is 0. The van der Waals surface area contributed by atoms with Gasteiger partial charge in [-0.05, 0) is 36.9 Å². The van der Waals surface area contributed by atoms with Gasteiger partial charge in [0.25, 0.3) is 0 Å². The van der Waals surface area contributed by atoms with Gasteiger partial charge in [-0.2, -0.15) is 0 Å². The van der Waals surface area contributed by atoms with Crippen molar-refractivity contribution in [2.75, 3.05) is 12.8 Å². The molecule has 0 aliphatic rings. The van der Waals surface area contributed by atoms with E-state index in [1.54, 1.807) is 24.3 Å². The highest BCUT2D eigenvalue weighted by molar-refractivity contribution is 6.30. The molecule has 0 fully saturated rings. The van der Waals surface area contributed by atoms with E-state index in [2.05, 4.69) is 5.32 Å². The first-order valence-electron chi connectivity index (χ1n) is 5.63. The minimum atomic E-state index is -0.190. The number of phenolic OH excluding ortho intramolecular Hbond substituents is 1. The molecule has 0 bridgehead atoms. The number of nitrogens with one attached hydrogen (secondary N) is 1. The number of phenols is 1. The lowest BCUT2D eigenvalue weighted by atomic mass is 9.96. The number of benzene rings is 2. The van der Waals surface area contributed by atoms with Gasteiger partial charge in [0.05, 0.1) is 6.04 Å². The van der Waals surface area contributed by atoms with Crippen molar-refractivity contribution in [1.29, 1.82) is 0 Å². The first-order valence-corrected chi connectivity index (χ1v) is 6.01. The number of nitrogen functional groups attached to an aromatic ring is 1. The van der Waals surface area contributed by atoms with Crippen LogP contribution in [-0.2, 0) is 0 Å². The fraction of sp³-hybridized carbons (Fsp3) is 0.143. The molecule has 0 radical (unpaired) electrons. The lowest BCUT2D eigenvalue weighted by molar-refractivity contribution is 0.461. The minimum Gasteiger partial charge on any atom is -0.508 e. The van der Waals surface area contributed by atoms with Gasteiger partial charge in [-0.15, -0.1) is 0 Å². The van der Waals surface area contributed by atoms with Crippen molar-refractivity contribution in [1.82, 2.24) is 5.32 Å². The Morgan fingerprint density at radius 1 is 1.17 bits per heavy atom. The smallest absolute Gasteiger partial charge is 0.120 e. The second-order valence-electron chi connectivity index (χ2n) is 4.05. The lowest BCUT2D eigenvalue weighted by Gasteiger charge is -2.20. The summed E-state index contributed by atoms with van der Waals surface area (Å²) in [6.45, 7) is 0. The van der Waals surface area contributed by atoms with Crippen LogP contribution < -0.4 is 11.1 Å². The molecule has 0 saturated heterocycles. The van der Waals surface area contributed by atoms with E-state index in [0.29, 0.717) is 10.7 Å². The molecule has 0 aromatic heterocycles. The Labute approximate surface area is 111 Å². The van der Waals surface area contributed by atoms with E-state index in [-0.39, 0.29) is 11.8 Å². The Morgan fingerprint density at radius 2 is 1.89 bits per heavy atom. The van der Waals surface area contributed by atoms with E-state index in [0.717, 1.165) is 11.1 Å². The summed E-state index contributed by atoms with van der Waals surface area (Å²) in [5, 5.41) is 13.7. The zero-order chi connectivity index (χ0) is 13.1. The number of halogens is 1. The predicted octanol–water partition coefficient (Wildman–Crippen LogP) is 2.94. The zero-order valence-corrected chi connectivity index (χ0v) is 10.8. The summed E-state index contributed by atoms with van der Waals surface area (Å²) in [7, 11) is 1.82. The molecule has 0 aliphatic heterocycles. The fourth-order valence-corrected chi connectivity index (χ4v) is 2.19. The Kier molecular flexibility index (Phi) is 3.75. The quantitative estimate of drug-likeness (QED) is 0.746. The summed E-state index contributed by atoms with van der Waals surface area (Å²) in [5.41, 5.74) is 8.24. The van der Waals surface area contributed by atoms with E-state index >= 15 is 0 Å². The van der Waals surface area contributed by atoms with Gasteiger partial charge >= 0.3 is 0 Å². The van der Waals surface area contributed by atoms with Gasteiger partial charge in [0.15, 0.2) is 0 Å². The molecule has 2 aromatic carbocycles. The highest BCUT2D eigenvalue weighted by Crippen LogP contribution is 2.33. The third kappa shape index (κ3) is 2.42. The van der Waals surface area contributed by atoms with Crippen molar-refractivity contribution >= 4 is 17.3 Å². The lowest BCUT2D eigenvalue weighted by Crippen LogP contribution is -2.19. The molecular formula is C14H15ClN2O. The molecule has 3 nitrogen and oxygen atoms in total. The first kappa shape index (κ1) is 12.7. The molecule has 2 rings (SSSR count). The van der Waals surface area contributed by atoms with Crippen molar-refractivity contribution in [2.45, 2.75) is 6.04 Å². The van der Waals surface area contributed by atoms with Crippen molar-refractivity contribution in [2.24, 2.45) is 0 Å². The average Bonchev–Trinajstić information content (AvgIpc) is 2.36. The van der Waals surface area contributed by atoms with E-state index in [1.807, 2.05) is 25.2 Å². The van der Waals surface area contributed by atoms with Gasteiger partial charge in [0, 0.05) is 16.3 Å². The summed E-state index contributed by atoms with van der Waals surface area (Å²) in [6.07, 6.45) is 0. The first-order chi connectivity index (χ1) is 8.63. The number of hydrogen-bond donors (Lipinski definition) is 3. The van der Waals surface area contributed by atoms with Crippen LogP contribution in [0, 0.1) is 0 Å². The Hall–Kier alpha value is -1.71. The maximum Gasteiger partial charge on any atom is 0.120 e. The topological polar surface area (TPSA) is 58.3 Å². The van der Waals surface area contributed by atoms with Crippen LogP contribution >= 0.6 is 11.6 Å². The van der Waals surface area contributed by atoms with Crippen molar-refractivity contribution in [3.8, 4) is 5.75 Å². The van der Waals surface area contributed by atoms with E-state index in [4.69, 9.17) is 17.3 Å². The Bertz CT molecular complexity index is 557. The number of anilines is 1. The normalized spacial score (nSPS) is 12.3. The van der Waals surface area contributed by atoms with Crippen LogP contribution in [0.1, 0.15) is 17.2 Å². The number of hydrogen-bond acceptors (Lipinski definition) is 3. The number of para-hydroxylation sites is 1. The van der Waals surface area contributed by atoms with E-state index in [9.17, 15) is 5.11 Å². The van der Waals surface area contributed by atoms with Crippen LogP contribution in [0.5, 0.6) is 5.75 Å². The minimum absolute atomic E-state index is 0.190. The average molecular weight is 263 g/mol. The summed E-state index contributed by atoms with van der Waals surface area (Å²) >= 11 is 6.00. The number of aromatic hydroxyl groups is 1. The van der Waals surface area contributed by atoms with Crippen LogP contribution in [0.15, 0.2) is 42.5 Å². The largest absolute Gasteiger partial charge is 0.508 e. The SMILES string of the molecule is CNC(c1cc(Cl)ccc1N)c1ccccc1O. The van der Waals surface area contributed by atoms with Gasteiger partial charge in [-0.3, -0.25) is 0 Å². The maximum absolute atomic E-state index is 9.92. The molecular weight excluding hydrogens is 248 g/mol. The standard InChI is InChI=1S/C14H15ClN2O/c1-17-14(10-4-2-3-5-13(10)18)11-8-9(15)6-7-12(11)16/h2-8,14,17-18H,16H2,1H3. The van der Waals surface area contributed by atoms with E-state index < -0.39 is 0 Å². The predicted molar refractivity (Wildman–Crippen MR) is 74.9 cm³/mol. The molecule has 2 aromatic rings. The second-order valence-corrected chi connectivity index (χ2v) is 4.49. The molecule has 4 heteroatoms. The molecule has 0 heterocycles. The Morgan fingerprint density at radius 3 is 2.56 bits per heavy atom. The van der Waals surface area contributed by atoms with Crippen molar-refractivity contribution in [3.63, 3.8) is 0 Å². The molecule has 1 unspecified atom stereocenters. The van der Waals surface area contributed by atoms with Crippen LogP contribution in [0.2, 0.25) is 5.02 Å². The monoisotopic (exact) mass is 262 g/mol. The van der Waals surface area contributed by atoms with Crippen LogP contribution in [0.3, 0.4) is 0 Å². The van der Waals surface area contributed by atoms with E-state index in [1.165, 1.54) is 0 Å². The maximum atomic E-state index is 9.92. The van der Waals surface area contributed by atoms with Crippen LogP contribution in [0.4, 0.5) is 5.69 Å². The molecule has 94 valence electrons. The zero-order valence-electron chi connectivity index (χ0n) is 10.0. The summed E-state index contributed by atoms with van der Waals surface area (Å²) in [4.78, 5) is 0. The highest BCUT2D eigenvalue weighted by atomic mass is 35.5. The molecule has 1 atom stereocenters. The third-order valence-electron chi connectivity index (χ3n) is 2.90. The van der Waals surface area contributed by atoms with Crippen LogP contribution in [-0.4, -0.2) is 12.2 Å². The molecule has 0 aliphatic carbocycles. The number of rotatable bonds is 3. The van der Waals surface area contributed by atoms with Gasteiger partial charge in [-0.25, -0.2) is 0 Å². The van der Waals surface area contributed by atoms with Crippen molar-refractivity contribution in [3.05, 3.63) is 58.6 Å². The number of nitrogens with two attached hydrogens (primary N) is 1. The van der Waals surface area contributed by atoms with Crippen molar-refractivity contribution < 1.29 is 5.11 Å². The highest BCUT2D eigenvalue weighted by Gasteiger charge is 2.17. The van der Waals surface area contributed by atoms with Crippen LogP contribution in [0.25, 0.3) is 0 Å². The Balaban J connectivity index is 2.52. The molecule has 0 saturated carbocycles. The third-order valence-corrected chi connectivity index (χ3v) is 3.13. The van der Waals surface area contributed by atoms with Gasteiger partial charge in [0.2, 0.25) is 0 Å². The summed E-state index contributed by atoms with van der Waals surface area (Å²) in [6, 6.07) is 12.3. The van der Waals surface area contributed by atoms with Gasteiger partial charge in [-0.1, -0.05) is 29.8 Å². The summed E-state index contributed by atoms with van der Waals surface area (Å²) in [5.74, 6) is 0.233. The molecule has 0 amide bonds. The fourth-order valence-electron chi connectivity index (χ4n) is 2.01. The van der Waals surface area contributed by atoms with Gasteiger partial charge in [0.1, 0.15) is 5.75 Å². The molecule has 0 spiro atoms. The molecule has 18 heavy (non-hydrogen) atoms. The molecule has 4 N–H and O–H groups in total.